The van der Waals surface area contributed by atoms with Crippen LogP contribution < -0.4 is 10.4 Å². The first-order chi connectivity index (χ1) is 8.40. The molecule has 1 aliphatic rings. The Balaban J connectivity index is 2.23. The van der Waals surface area contributed by atoms with Gasteiger partial charge >= 0.3 is 0 Å². The third-order valence-corrected chi connectivity index (χ3v) is 2.76. The molecule has 0 spiro atoms. The molecule has 0 saturated heterocycles. The van der Waals surface area contributed by atoms with Crippen LogP contribution in [-0.2, 0) is 0 Å². The van der Waals surface area contributed by atoms with Crippen LogP contribution in [0.1, 0.15) is 24.8 Å². The van der Waals surface area contributed by atoms with Gasteiger partial charge in [-0.05, 0) is 34.9 Å². The number of hydrogen-bond donors (Lipinski definition) is 0. The second kappa shape index (κ2) is 5.86. The lowest BCUT2D eigenvalue weighted by Crippen LogP contribution is -2.11. The van der Waals surface area contributed by atoms with E-state index in [9.17, 15) is 0 Å². The smallest absolute Gasteiger partial charge is 0.0621 e. The number of nitriles is 1. The third kappa shape index (κ3) is 3.19. The van der Waals surface area contributed by atoms with Crippen LogP contribution in [0, 0.1) is 11.3 Å². The molecule has 0 radical (unpaired) electrons. The van der Waals surface area contributed by atoms with Crippen molar-refractivity contribution in [3.8, 4) is 6.07 Å². The fourth-order valence-electron chi connectivity index (χ4n) is 1.85. The lowest BCUT2D eigenvalue weighted by Gasteiger charge is -1.95. The summed E-state index contributed by atoms with van der Waals surface area (Å²) in [4.78, 5) is 0. The monoisotopic (exact) mass is 221 g/mol. The molecule has 1 aromatic carbocycles. The Labute approximate surface area is 102 Å². The lowest BCUT2D eigenvalue weighted by atomic mass is 10.1. The summed E-state index contributed by atoms with van der Waals surface area (Å²) in [5, 5.41) is 11.0. The van der Waals surface area contributed by atoms with E-state index >= 15 is 0 Å². The number of hydrogen-bond acceptors (Lipinski definition) is 1. The van der Waals surface area contributed by atoms with E-state index < -0.39 is 0 Å². The average Bonchev–Trinajstić information content (AvgIpc) is 2.59. The highest BCUT2D eigenvalue weighted by molar-refractivity contribution is 5.59. The normalized spacial score (nSPS) is 13.7. The Bertz CT molecular complexity index is 597. The minimum absolute atomic E-state index is 0.638. The van der Waals surface area contributed by atoms with Crippen LogP contribution in [0.5, 0.6) is 0 Å². The molecule has 2 rings (SSSR count). The van der Waals surface area contributed by atoms with Crippen LogP contribution in [0.2, 0.25) is 0 Å². The van der Waals surface area contributed by atoms with Crippen molar-refractivity contribution >= 4 is 18.2 Å². The van der Waals surface area contributed by atoms with Crippen LogP contribution in [-0.4, -0.2) is 0 Å². The standard InChI is InChI=1S/C16H15N/c17-12-6-2-3-7-14-10-11-15-8-4-1-5-9-16(15)13-14/h1,4-5,7-11,13H,2-3,6H2. The number of fused-ring (bicyclic) bond motifs is 1. The van der Waals surface area contributed by atoms with E-state index in [4.69, 9.17) is 5.26 Å². The molecular formula is C16H15N. The number of benzene rings is 1. The van der Waals surface area contributed by atoms with Gasteiger partial charge in [-0.25, -0.2) is 0 Å². The molecule has 1 heteroatoms. The van der Waals surface area contributed by atoms with Crippen molar-refractivity contribution in [2.45, 2.75) is 19.3 Å². The minimum atomic E-state index is 0.638. The van der Waals surface area contributed by atoms with Gasteiger partial charge in [0.2, 0.25) is 0 Å². The molecule has 84 valence electrons. The summed E-state index contributed by atoms with van der Waals surface area (Å²) in [6, 6.07) is 8.64. The molecule has 1 aliphatic carbocycles. The highest BCUT2D eigenvalue weighted by Gasteiger charge is 1.92. The van der Waals surface area contributed by atoms with Crippen molar-refractivity contribution in [2.24, 2.45) is 0 Å². The summed E-state index contributed by atoms with van der Waals surface area (Å²) in [5.41, 5.74) is 1.25. The van der Waals surface area contributed by atoms with Crippen molar-refractivity contribution in [1.29, 1.82) is 5.26 Å². The molecule has 0 N–H and O–H groups in total. The van der Waals surface area contributed by atoms with Gasteiger partial charge in [0.1, 0.15) is 0 Å². The first-order valence-electron chi connectivity index (χ1n) is 5.92. The topological polar surface area (TPSA) is 23.8 Å². The number of unbranched alkanes of at least 4 members (excludes halogenated alkanes) is 2. The quantitative estimate of drug-likeness (QED) is 0.719. The molecule has 0 atom stereocenters. The van der Waals surface area contributed by atoms with Gasteiger partial charge in [0.25, 0.3) is 0 Å². The van der Waals surface area contributed by atoms with Crippen LogP contribution >= 0.6 is 0 Å². The van der Waals surface area contributed by atoms with Gasteiger partial charge in [0.05, 0.1) is 6.07 Å². The van der Waals surface area contributed by atoms with Gasteiger partial charge in [-0.3, -0.25) is 0 Å². The van der Waals surface area contributed by atoms with Gasteiger partial charge in [-0.15, -0.1) is 0 Å². The van der Waals surface area contributed by atoms with Crippen LogP contribution in [0.3, 0.4) is 0 Å². The fourth-order valence-corrected chi connectivity index (χ4v) is 1.85. The van der Waals surface area contributed by atoms with Crippen molar-refractivity contribution in [2.75, 3.05) is 0 Å². The summed E-state index contributed by atoms with van der Waals surface area (Å²) >= 11 is 0. The molecule has 1 aromatic rings. The lowest BCUT2D eigenvalue weighted by molar-refractivity contribution is 0.900. The largest absolute Gasteiger partial charge is 0.198 e. The molecule has 0 aliphatic heterocycles. The molecule has 0 amide bonds. The van der Waals surface area contributed by atoms with Crippen LogP contribution in [0.15, 0.2) is 36.4 Å². The van der Waals surface area contributed by atoms with Gasteiger partial charge in [0, 0.05) is 6.42 Å². The maximum Gasteiger partial charge on any atom is 0.0621 e. The summed E-state index contributed by atoms with van der Waals surface area (Å²) in [6.07, 6.45) is 15.1. The molecule has 17 heavy (non-hydrogen) atoms. The Morgan fingerprint density at radius 2 is 2.12 bits per heavy atom. The SMILES string of the molecule is N#CCCCC=c1ccc2c(c1)C=CC=CC=2. The summed E-state index contributed by atoms with van der Waals surface area (Å²) in [6.45, 7) is 0. The fraction of sp³-hybridized carbons (Fsp3) is 0.188. The Morgan fingerprint density at radius 1 is 1.18 bits per heavy atom. The molecule has 0 bridgehead atoms. The first-order valence-corrected chi connectivity index (χ1v) is 5.92. The number of allylic oxidation sites excluding steroid dienone is 3. The highest BCUT2D eigenvalue weighted by Crippen LogP contribution is 1.98. The zero-order chi connectivity index (χ0) is 11.9. The van der Waals surface area contributed by atoms with Crippen LogP contribution in [0.4, 0.5) is 0 Å². The maximum atomic E-state index is 8.47. The number of rotatable bonds is 3. The molecule has 1 nitrogen and oxygen atoms in total. The molecule has 0 heterocycles. The average molecular weight is 221 g/mol. The van der Waals surface area contributed by atoms with Crippen molar-refractivity contribution < 1.29 is 0 Å². The molecule has 0 unspecified atom stereocenters. The zero-order valence-electron chi connectivity index (χ0n) is 9.76. The van der Waals surface area contributed by atoms with E-state index in [0.29, 0.717) is 6.42 Å². The van der Waals surface area contributed by atoms with E-state index in [0.717, 1.165) is 12.8 Å². The first kappa shape index (κ1) is 11.4. The van der Waals surface area contributed by atoms with E-state index in [-0.39, 0.29) is 0 Å². The van der Waals surface area contributed by atoms with Gasteiger partial charge < -0.3 is 0 Å². The molecule has 0 fully saturated rings. The molecule has 0 aromatic heterocycles. The summed E-state index contributed by atoms with van der Waals surface area (Å²) < 4.78 is 0. The van der Waals surface area contributed by atoms with Crippen molar-refractivity contribution in [3.63, 3.8) is 0 Å². The van der Waals surface area contributed by atoms with Gasteiger partial charge in [-0.1, -0.05) is 48.6 Å². The molecular weight excluding hydrogens is 206 g/mol. The Hall–Kier alpha value is -2.07. The highest BCUT2D eigenvalue weighted by atomic mass is 14.2. The summed E-state index contributed by atoms with van der Waals surface area (Å²) in [7, 11) is 0. The number of nitrogens with zero attached hydrogens (tertiary/aromatic N) is 1. The third-order valence-electron chi connectivity index (χ3n) is 2.76. The second-order valence-corrected chi connectivity index (χ2v) is 4.05. The minimum Gasteiger partial charge on any atom is -0.198 e. The Kier molecular flexibility index (Phi) is 3.94. The second-order valence-electron chi connectivity index (χ2n) is 4.05. The van der Waals surface area contributed by atoms with Gasteiger partial charge in [-0.2, -0.15) is 5.26 Å². The van der Waals surface area contributed by atoms with Crippen LogP contribution in [0.25, 0.3) is 18.2 Å². The molecule has 0 saturated carbocycles. The summed E-state index contributed by atoms with van der Waals surface area (Å²) in [5.74, 6) is 0. The van der Waals surface area contributed by atoms with Crippen molar-refractivity contribution in [3.05, 3.63) is 52.4 Å². The van der Waals surface area contributed by atoms with E-state index in [1.165, 1.54) is 16.0 Å². The predicted molar refractivity (Wildman–Crippen MR) is 72.3 cm³/mol. The van der Waals surface area contributed by atoms with E-state index in [1.54, 1.807) is 0 Å². The zero-order valence-corrected chi connectivity index (χ0v) is 9.76. The maximum absolute atomic E-state index is 8.47. The van der Waals surface area contributed by atoms with Crippen molar-refractivity contribution in [1.82, 2.24) is 0 Å². The Morgan fingerprint density at radius 3 is 3.00 bits per heavy atom. The van der Waals surface area contributed by atoms with E-state index in [1.807, 2.05) is 6.08 Å². The van der Waals surface area contributed by atoms with Gasteiger partial charge in [0.15, 0.2) is 0 Å². The van der Waals surface area contributed by atoms with E-state index in [2.05, 4.69) is 54.6 Å². The predicted octanol–water partition coefficient (Wildman–Crippen LogP) is 2.52.